The number of aryl methyl sites for hydroxylation is 1. The highest BCUT2D eigenvalue weighted by molar-refractivity contribution is 5.97. The lowest BCUT2D eigenvalue weighted by atomic mass is 9.82. The molecular weight excluding hydrogens is 312 g/mol. The van der Waals surface area contributed by atoms with Gasteiger partial charge in [0.2, 0.25) is 5.91 Å². The Balaban J connectivity index is 1.58. The van der Waals surface area contributed by atoms with Gasteiger partial charge in [0, 0.05) is 11.6 Å². The predicted octanol–water partition coefficient (Wildman–Crippen LogP) is 5.01. The van der Waals surface area contributed by atoms with E-state index in [0.29, 0.717) is 0 Å². The molecule has 128 valence electrons. The van der Waals surface area contributed by atoms with Gasteiger partial charge in [-0.1, -0.05) is 38.1 Å². The van der Waals surface area contributed by atoms with E-state index in [2.05, 4.69) is 22.4 Å². The number of fused-ring (bicyclic) bond motifs is 2. The summed E-state index contributed by atoms with van der Waals surface area (Å²) in [7, 11) is 0. The third kappa shape index (κ3) is 3.04. The van der Waals surface area contributed by atoms with E-state index >= 15 is 0 Å². The SMILES string of the molecule is CC(C)c1nc2cc(NC(=O)C3CCCc4ccccc43)ccc2o1. The summed E-state index contributed by atoms with van der Waals surface area (Å²) in [6.45, 7) is 4.10. The fourth-order valence-electron chi connectivity index (χ4n) is 3.53. The molecule has 1 atom stereocenters. The molecule has 3 aromatic rings. The zero-order valence-electron chi connectivity index (χ0n) is 14.6. The minimum Gasteiger partial charge on any atom is -0.440 e. The van der Waals surface area contributed by atoms with Crippen LogP contribution in [0.3, 0.4) is 0 Å². The lowest BCUT2D eigenvalue weighted by molar-refractivity contribution is -0.117. The summed E-state index contributed by atoms with van der Waals surface area (Å²) >= 11 is 0. The fraction of sp³-hybridized carbons (Fsp3) is 0.333. The number of carbonyl (C=O) groups is 1. The topological polar surface area (TPSA) is 55.1 Å². The van der Waals surface area contributed by atoms with Crippen LogP contribution in [0.1, 0.15) is 55.5 Å². The van der Waals surface area contributed by atoms with Crippen molar-refractivity contribution in [3.05, 3.63) is 59.5 Å². The van der Waals surface area contributed by atoms with E-state index in [1.807, 2.05) is 44.2 Å². The van der Waals surface area contributed by atoms with E-state index in [-0.39, 0.29) is 17.7 Å². The molecule has 0 spiro atoms. The summed E-state index contributed by atoms with van der Waals surface area (Å²) < 4.78 is 5.73. The van der Waals surface area contributed by atoms with E-state index in [9.17, 15) is 4.79 Å². The monoisotopic (exact) mass is 334 g/mol. The number of nitrogens with zero attached hydrogens (tertiary/aromatic N) is 1. The van der Waals surface area contributed by atoms with E-state index in [1.54, 1.807) is 0 Å². The van der Waals surface area contributed by atoms with Crippen molar-refractivity contribution in [1.82, 2.24) is 4.98 Å². The molecule has 1 amide bonds. The van der Waals surface area contributed by atoms with Crippen molar-refractivity contribution in [1.29, 1.82) is 0 Å². The number of nitrogens with one attached hydrogen (secondary N) is 1. The summed E-state index contributed by atoms with van der Waals surface area (Å²) in [6.07, 6.45) is 3.00. The number of anilines is 1. The number of amides is 1. The summed E-state index contributed by atoms with van der Waals surface area (Å²) in [5.41, 5.74) is 4.76. The van der Waals surface area contributed by atoms with Gasteiger partial charge in [-0.3, -0.25) is 4.79 Å². The molecule has 4 rings (SSSR count). The molecule has 1 aromatic heterocycles. The van der Waals surface area contributed by atoms with Gasteiger partial charge in [0.05, 0.1) is 5.92 Å². The van der Waals surface area contributed by atoms with Crippen LogP contribution in [0.15, 0.2) is 46.9 Å². The molecule has 0 bridgehead atoms. The highest BCUT2D eigenvalue weighted by Crippen LogP contribution is 2.32. The molecule has 4 nitrogen and oxygen atoms in total. The second kappa shape index (κ2) is 6.36. The maximum atomic E-state index is 12.8. The first-order valence-corrected chi connectivity index (χ1v) is 8.91. The van der Waals surface area contributed by atoms with Gasteiger partial charge < -0.3 is 9.73 Å². The van der Waals surface area contributed by atoms with Crippen LogP contribution in [0, 0.1) is 0 Å². The summed E-state index contributed by atoms with van der Waals surface area (Å²) in [4.78, 5) is 17.3. The number of hydrogen-bond acceptors (Lipinski definition) is 3. The summed E-state index contributed by atoms with van der Waals surface area (Å²) in [5.74, 6) is 0.937. The standard InChI is InChI=1S/C21H22N2O2/c1-13(2)21-23-18-12-15(10-11-19(18)25-21)22-20(24)17-9-5-7-14-6-3-4-8-16(14)17/h3-4,6,8,10-13,17H,5,7,9H2,1-2H3,(H,22,24). The Morgan fingerprint density at radius 1 is 1.24 bits per heavy atom. The average molecular weight is 334 g/mol. The van der Waals surface area contributed by atoms with Gasteiger partial charge in [-0.25, -0.2) is 4.98 Å². The molecular formula is C21H22N2O2. The Hall–Kier alpha value is -2.62. The largest absolute Gasteiger partial charge is 0.440 e. The average Bonchev–Trinajstić information content (AvgIpc) is 3.05. The molecule has 0 saturated carbocycles. The number of hydrogen-bond donors (Lipinski definition) is 1. The predicted molar refractivity (Wildman–Crippen MR) is 98.8 cm³/mol. The van der Waals surface area contributed by atoms with Crippen molar-refractivity contribution in [2.75, 3.05) is 5.32 Å². The van der Waals surface area contributed by atoms with Crippen LogP contribution in [0.4, 0.5) is 5.69 Å². The maximum absolute atomic E-state index is 12.8. The number of rotatable bonds is 3. The van der Waals surface area contributed by atoms with E-state index in [0.717, 1.165) is 47.5 Å². The van der Waals surface area contributed by atoms with Gasteiger partial charge in [0.25, 0.3) is 0 Å². The number of carbonyl (C=O) groups excluding carboxylic acids is 1. The first-order chi connectivity index (χ1) is 12.1. The van der Waals surface area contributed by atoms with Gasteiger partial charge in [-0.15, -0.1) is 0 Å². The van der Waals surface area contributed by atoms with Crippen molar-refractivity contribution >= 4 is 22.7 Å². The molecule has 4 heteroatoms. The Morgan fingerprint density at radius 3 is 2.92 bits per heavy atom. The van der Waals surface area contributed by atoms with Crippen molar-refractivity contribution in [3.8, 4) is 0 Å². The quantitative estimate of drug-likeness (QED) is 0.732. The fourth-order valence-corrected chi connectivity index (χ4v) is 3.53. The van der Waals surface area contributed by atoms with Gasteiger partial charge in [0.1, 0.15) is 5.52 Å². The smallest absolute Gasteiger partial charge is 0.231 e. The number of oxazole rings is 1. The van der Waals surface area contributed by atoms with Crippen molar-refractivity contribution in [2.45, 2.75) is 44.9 Å². The maximum Gasteiger partial charge on any atom is 0.231 e. The van der Waals surface area contributed by atoms with Gasteiger partial charge in [-0.05, 0) is 48.6 Å². The van der Waals surface area contributed by atoms with Gasteiger partial charge in [0.15, 0.2) is 11.5 Å². The molecule has 1 heterocycles. The first kappa shape index (κ1) is 15.9. The number of aromatic nitrogens is 1. The van der Waals surface area contributed by atoms with Gasteiger partial charge >= 0.3 is 0 Å². The third-order valence-corrected chi connectivity index (χ3v) is 4.85. The molecule has 25 heavy (non-hydrogen) atoms. The number of benzene rings is 2. The molecule has 1 unspecified atom stereocenters. The molecule has 0 saturated heterocycles. The Labute approximate surface area is 147 Å². The van der Waals surface area contributed by atoms with Crippen LogP contribution in [0.5, 0.6) is 0 Å². The minimum absolute atomic E-state index is 0.0547. The van der Waals surface area contributed by atoms with Crippen molar-refractivity contribution < 1.29 is 9.21 Å². The zero-order valence-corrected chi connectivity index (χ0v) is 14.6. The molecule has 1 aliphatic rings. The second-order valence-electron chi connectivity index (χ2n) is 7.02. The molecule has 0 radical (unpaired) electrons. The minimum atomic E-state index is -0.0795. The van der Waals surface area contributed by atoms with Crippen LogP contribution in [-0.4, -0.2) is 10.9 Å². The van der Waals surface area contributed by atoms with Crippen LogP contribution in [0.25, 0.3) is 11.1 Å². The summed E-state index contributed by atoms with van der Waals surface area (Å²) in [6, 6.07) is 13.9. The van der Waals surface area contributed by atoms with Crippen LogP contribution >= 0.6 is 0 Å². The normalized spacial score (nSPS) is 16.8. The molecule has 1 aliphatic carbocycles. The van der Waals surface area contributed by atoms with Crippen LogP contribution in [0.2, 0.25) is 0 Å². The highest BCUT2D eigenvalue weighted by Gasteiger charge is 2.26. The Bertz CT molecular complexity index is 927. The Morgan fingerprint density at radius 2 is 2.08 bits per heavy atom. The van der Waals surface area contributed by atoms with Crippen molar-refractivity contribution in [2.24, 2.45) is 0 Å². The first-order valence-electron chi connectivity index (χ1n) is 8.91. The lowest BCUT2D eigenvalue weighted by Gasteiger charge is -2.24. The molecule has 0 aliphatic heterocycles. The second-order valence-corrected chi connectivity index (χ2v) is 7.02. The summed E-state index contributed by atoms with van der Waals surface area (Å²) in [5, 5.41) is 3.06. The van der Waals surface area contributed by atoms with E-state index < -0.39 is 0 Å². The van der Waals surface area contributed by atoms with Crippen molar-refractivity contribution in [3.63, 3.8) is 0 Å². The van der Waals surface area contributed by atoms with Crippen LogP contribution < -0.4 is 5.32 Å². The molecule has 2 aromatic carbocycles. The third-order valence-electron chi connectivity index (χ3n) is 4.85. The zero-order chi connectivity index (χ0) is 17.4. The molecule has 1 N–H and O–H groups in total. The Kier molecular flexibility index (Phi) is 4.04. The van der Waals surface area contributed by atoms with E-state index in [1.165, 1.54) is 5.56 Å². The van der Waals surface area contributed by atoms with E-state index in [4.69, 9.17) is 4.42 Å². The lowest BCUT2D eigenvalue weighted by Crippen LogP contribution is -2.24. The molecule has 0 fully saturated rings. The van der Waals surface area contributed by atoms with Crippen LogP contribution in [-0.2, 0) is 11.2 Å². The highest BCUT2D eigenvalue weighted by atomic mass is 16.3. The van der Waals surface area contributed by atoms with Gasteiger partial charge in [-0.2, -0.15) is 0 Å².